The second-order valence-electron chi connectivity index (χ2n) is 5.27. The Morgan fingerprint density at radius 3 is 2.40 bits per heavy atom. The second-order valence-corrected chi connectivity index (χ2v) is 6.43. The molecule has 0 bridgehead atoms. The van der Waals surface area contributed by atoms with Crippen LogP contribution in [0.2, 0.25) is 0 Å². The van der Waals surface area contributed by atoms with Gasteiger partial charge in [0.2, 0.25) is 0 Å². The Labute approximate surface area is 133 Å². The Morgan fingerprint density at radius 1 is 1.10 bits per heavy atom. The fourth-order valence-electron chi connectivity index (χ4n) is 2.29. The number of hydrogen-bond donors (Lipinski definition) is 1. The van der Waals surface area contributed by atoms with E-state index in [1.165, 1.54) is 11.6 Å². The lowest BCUT2D eigenvalue weighted by Gasteiger charge is -2.23. The number of anilines is 1. The lowest BCUT2D eigenvalue weighted by Crippen LogP contribution is -2.18. The topological polar surface area (TPSA) is 12.0 Å². The summed E-state index contributed by atoms with van der Waals surface area (Å²) in [6, 6.07) is 15.4. The van der Waals surface area contributed by atoms with Gasteiger partial charge in [-0.3, -0.25) is 0 Å². The summed E-state index contributed by atoms with van der Waals surface area (Å²) < 4.78 is 14.0. The number of halogens is 2. The first-order valence-corrected chi connectivity index (χ1v) is 7.89. The molecule has 2 aromatic rings. The number of nitrogens with one attached hydrogen (secondary N) is 1. The van der Waals surface area contributed by atoms with E-state index in [1.807, 2.05) is 6.07 Å². The average Bonchev–Trinajstić information content (AvgIpc) is 2.42. The molecule has 0 aliphatic carbocycles. The Kier molecular flexibility index (Phi) is 5.40. The molecule has 0 heterocycles. The van der Waals surface area contributed by atoms with Gasteiger partial charge in [0.1, 0.15) is 5.82 Å². The Bertz CT molecular complexity index is 554. The quantitative estimate of drug-likeness (QED) is 0.693. The highest BCUT2D eigenvalue weighted by Gasteiger charge is 2.15. The summed E-state index contributed by atoms with van der Waals surface area (Å²) in [5, 5.41) is 3.45. The van der Waals surface area contributed by atoms with Gasteiger partial charge in [-0.05, 0) is 52.3 Å². The minimum atomic E-state index is -0.191. The average molecular weight is 383 g/mol. The van der Waals surface area contributed by atoms with Crippen molar-refractivity contribution in [3.63, 3.8) is 0 Å². The van der Waals surface area contributed by atoms with Gasteiger partial charge in [-0.15, -0.1) is 0 Å². The van der Waals surface area contributed by atoms with Crippen LogP contribution in [0.15, 0.2) is 48.5 Å². The molecular formula is C17H19FIN. The van der Waals surface area contributed by atoms with Gasteiger partial charge in [0.15, 0.2) is 0 Å². The predicted octanol–water partition coefficient (Wildman–Crippen LogP) is 5.28. The molecule has 1 unspecified atom stereocenters. The fraction of sp³-hybridized carbons (Fsp3) is 0.294. The van der Waals surface area contributed by atoms with Crippen LogP contribution in [0.5, 0.6) is 0 Å². The lowest BCUT2D eigenvalue weighted by molar-refractivity contribution is 0.517. The second kappa shape index (κ2) is 7.07. The Balaban J connectivity index is 2.10. The zero-order valence-corrected chi connectivity index (χ0v) is 13.9. The van der Waals surface area contributed by atoms with Crippen molar-refractivity contribution >= 4 is 28.3 Å². The molecule has 0 fully saturated rings. The predicted molar refractivity (Wildman–Crippen MR) is 91.6 cm³/mol. The van der Waals surface area contributed by atoms with Crippen LogP contribution in [0.3, 0.4) is 0 Å². The van der Waals surface area contributed by atoms with Crippen molar-refractivity contribution in [2.75, 3.05) is 11.9 Å². The van der Waals surface area contributed by atoms with Crippen LogP contribution in [0.25, 0.3) is 0 Å². The molecule has 1 N–H and O–H groups in total. The zero-order valence-electron chi connectivity index (χ0n) is 11.7. The first-order valence-electron chi connectivity index (χ1n) is 6.82. The monoisotopic (exact) mass is 383 g/mol. The molecule has 0 saturated heterocycles. The lowest BCUT2D eigenvalue weighted by atomic mass is 9.88. The number of hydrogen-bond acceptors (Lipinski definition) is 1. The molecule has 0 aliphatic rings. The number of rotatable bonds is 5. The summed E-state index contributed by atoms with van der Waals surface area (Å²) in [4.78, 5) is 0. The largest absolute Gasteiger partial charge is 0.384 e. The highest BCUT2D eigenvalue weighted by molar-refractivity contribution is 14.1. The van der Waals surface area contributed by atoms with E-state index in [-0.39, 0.29) is 5.82 Å². The number of benzene rings is 2. The zero-order chi connectivity index (χ0) is 14.5. The molecular weight excluding hydrogens is 364 g/mol. The molecule has 20 heavy (non-hydrogen) atoms. The third-order valence-electron chi connectivity index (χ3n) is 3.48. The van der Waals surface area contributed by atoms with E-state index in [4.69, 9.17) is 0 Å². The summed E-state index contributed by atoms with van der Waals surface area (Å²) >= 11 is 2.16. The third-order valence-corrected chi connectivity index (χ3v) is 4.37. The molecule has 1 nitrogen and oxygen atoms in total. The molecule has 0 amide bonds. The Morgan fingerprint density at radius 2 is 1.80 bits per heavy atom. The van der Waals surface area contributed by atoms with Gasteiger partial charge < -0.3 is 5.32 Å². The molecule has 106 valence electrons. The van der Waals surface area contributed by atoms with Gasteiger partial charge in [-0.25, -0.2) is 4.39 Å². The van der Waals surface area contributed by atoms with Crippen molar-refractivity contribution in [2.24, 2.45) is 5.92 Å². The third kappa shape index (κ3) is 3.95. The maximum atomic E-state index is 13.1. The first kappa shape index (κ1) is 15.3. The smallest absolute Gasteiger partial charge is 0.124 e. The van der Waals surface area contributed by atoms with Gasteiger partial charge in [-0.1, -0.05) is 44.2 Å². The van der Waals surface area contributed by atoms with Gasteiger partial charge >= 0.3 is 0 Å². The maximum Gasteiger partial charge on any atom is 0.124 e. The van der Waals surface area contributed by atoms with Crippen LogP contribution < -0.4 is 5.32 Å². The van der Waals surface area contributed by atoms with Crippen molar-refractivity contribution in [2.45, 2.75) is 19.8 Å². The minimum Gasteiger partial charge on any atom is -0.384 e. The van der Waals surface area contributed by atoms with Gasteiger partial charge in [0.25, 0.3) is 0 Å². The molecule has 1 atom stereocenters. The van der Waals surface area contributed by atoms with Crippen molar-refractivity contribution in [3.05, 3.63) is 63.5 Å². The summed E-state index contributed by atoms with van der Waals surface area (Å²) in [6.07, 6.45) is 0. The van der Waals surface area contributed by atoms with E-state index in [2.05, 4.69) is 66.0 Å². The van der Waals surface area contributed by atoms with Crippen LogP contribution in [0.4, 0.5) is 10.1 Å². The van der Waals surface area contributed by atoms with Crippen LogP contribution in [0.1, 0.15) is 25.3 Å². The van der Waals surface area contributed by atoms with E-state index in [1.54, 1.807) is 12.1 Å². The van der Waals surface area contributed by atoms with Crippen molar-refractivity contribution in [1.29, 1.82) is 0 Å². The van der Waals surface area contributed by atoms with E-state index in [0.717, 1.165) is 15.8 Å². The highest BCUT2D eigenvalue weighted by Crippen LogP contribution is 2.26. The highest BCUT2D eigenvalue weighted by atomic mass is 127. The normalized spacial score (nSPS) is 12.4. The van der Waals surface area contributed by atoms with Gasteiger partial charge in [0, 0.05) is 21.7 Å². The molecule has 2 rings (SSSR count). The van der Waals surface area contributed by atoms with E-state index >= 15 is 0 Å². The van der Waals surface area contributed by atoms with E-state index in [0.29, 0.717) is 11.8 Å². The first-order chi connectivity index (χ1) is 9.58. The van der Waals surface area contributed by atoms with Crippen molar-refractivity contribution in [1.82, 2.24) is 0 Å². The molecule has 0 aliphatic heterocycles. The van der Waals surface area contributed by atoms with Crippen LogP contribution in [-0.4, -0.2) is 6.54 Å². The Hall–Kier alpha value is -1.10. The fourth-order valence-corrected chi connectivity index (χ4v) is 2.96. The molecule has 0 saturated carbocycles. The summed E-state index contributed by atoms with van der Waals surface area (Å²) in [6.45, 7) is 5.31. The summed E-state index contributed by atoms with van der Waals surface area (Å²) in [5.74, 6) is 0.795. The van der Waals surface area contributed by atoms with E-state index in [9.17, 15) is 4.39 Å². The van der Waals surface area contributed by atoms with Crippen LogP contribution in [-0.2, 0) is 0 Å². The molecule has 0 aromatic heterocycles. The maximum absolute atomic E-state index is 13.1. The summed E-state index contributed by atoms with van der Waals surface area (Å²) in [7, 11) is 0. The molecule has 0 radical (unpaired) electrons. The van der Waals surface area contributed by atoms with E-state index < -0.39 is 0 Å². The van der Waals surface area contributed by atoms with Gasteiger partial charge in [0.05, 0.1) is 0 Å². The van der Waals surface area contributed by atoms with Crippen LogP contribution in [0, 0.1) is 15.3 Å². The van der Waals surface area contributed by atoms with Gasteiger partial charge in [-0.2, -0.15) is 0 Å². The standard InChI is InChI=1S/C17H19FIN/c1-12(2)15(13-6-4-3-5-7-13)11-20-17-9-8-14(18)10-16(17)19/h3-10,12,15,20H,11H2,1-2H3. The molecule has 3 heteroatoms. The van der Waals surface area contributed by atoms with Crippen molar-refractivity contribution < 1.29 is 4.39 Å². The molecule has 2 aromatic carbocycles. The molecule has 0 spiro atoms. The van der Waals surface area contributed by atoms with Crippen molar-refractivity contribution in [3.8, 4) is 0 Å². The van der Waals surface area contributed by atoms with Crippen LogP contribution >= 0.6 is 22.6 Å². The minimum absolute atomic E-state index is 0.191. The SMILES string of the molecule is CC(C)C(CNc1ccc(F)cc1I)c1ccccc1. The summed E-state index contributed by atoms with van der Waals surface area (Å²) in [5.41, 5.74) is 2.33.